The summed E-state index contributed by atoms with van der Waals surface area (Å²) in [4.78, 5) is 11.4. The highest BCUT2D eigenvalue weighted by molar-refractivity contribution is 6.30. The molecule has 17 heavy (non-hydrogen) atoms. The van der Waals surface area contributed by atoms with Gasteiger partial charge in [-0.2, -0.15) is 0 Å². The lowest BCUT2D eigenvalue weighted by molar-refractivity contribution is -0.142. The van der Waals surface area contributed by atoms with E-state index in [1.165, 1.54) is 12.7 Å². The average Bonchev–Trinajstić information content (AvgIpc) is 2.80. The fraction of sp³-hybridized carbons (Fsp3) is 0.462. The molecule has 1 N–H and O–H groups in total. The van der Waals surface area contributed by atoms with Crippen molar-refractivity contribution in [2.24, 2.45) is 5.92 Å². The molecule has 4 heteroatoms. The predicted octanol–water partition coefficient (Wildman–Crippen LogP) is 2.03. The van der Waals surface area contributed by atoms with Gasteiger partial charge < -0.3 is 10.1 Å². The van der Waals surface area contributed by atoms with Crippen LogP contribution in [0.1, 0.15) is 12.0 Å². The number of hydrogen-bond acceptors (Lipinski definition) is 3. The number of benzene rings is 1. The standard InChI is InChI=1S/C13H16ClNO2/c1-17-13(16)12-7-10(8-15-12)6-9-2-4-11(14)5-3-9/h2-5,10,12,15H,6-8H2,1H3/t10-,12-/m1/s1. The Labute approximate surface area is 106 Å². The Morgan fingerprint density at radius 1 is 1.47 bits per heavy atom. The molecule has 0 aliphatic carbocycles. The normalized spacial score (nSPS) is 23.6. The van der Waals surface area contributed by atoms with Crippen molar-refractivity contribution in [3.05, 3.63) is 34.9 Å². The monoisotopic (exact) mass is 253 g/mol. The van der Waals surface area contributed by atoms with Crippen molar-refractivity contribution in [2.75, 3.05) is 13.7 Å². The van der Waals surface area contributed by atoms with Crippen molar-refractivity contribution >= 4 is 17.6 Å². The van der Waals surface area contributed by atoms with Crippen LogP contribution < -0.4 is 5.32 Å². The van der Waals surface area contributed by atoms with Gasteiger partial charge in [0.25, 0.3) is 0 Å². The molecule has 0 aromatic heterocycles. The SMILES string of the molecule is COC(=O)[C@H]1C[C@@H](Cc2ccc(Cl)cc2)CN1. The maximum Gasteiger partial charge on any atom is 0.322 e. The molecule has 3 nitrogen and oxygen atoms in total. The van der Waals surface area contributed by atoms with Crippen LogP contribution in [-0.4, -0.2) is 25.7 Å². The summed E-state index contributed by atoms with van der Waals surface area (Å²) in [6.07, 6.45) is 1.81. The van der Waals surface area contributed by atoms with Crippen LogP contribution in [0.4, 0.5) is 0 Å². The number of halogens is 1. The third kappa shape index (κ3) is 3.20. The van der Waals surface area contributed by atoms with Crippen LogP contribution >= 0.6 is 11.6 Å². The first-order valence-corrected chi connectivity index (χ1v) is 6.12. The van der Waals surface area contributed by atoms with Gasteiger partial charge >= 0.3 is 5.97 Å². The van der Waals surface area contributed by atoms with E-state index in [-0.39, 0.29) is 12.0 Å². The lowest BCUT2D eigenvalue weighted by Crippen LogP contribution is -2.31. The summed E-state index contributed by atoms with van der Waals surface area (Å²) in [5.41, 5.74) is 1.26. The maximum atomic E-state index is 11.4. The van der Waals surface area contributed by atoms with Gasteiger partial charge in [-0.25, -0.2) is 0 Å². The van der Waals surface area contributed by atoms with Crippen molar-refractivity contribution in [1.29, 1.82) is 0 Å². The van der Waals surface area contributed by atoms with Crippen LogP contribution in [0.3, 0.4) is 0 Å². The molecule has 2 rings (SSSR count). The Morgan fingerprint density at radius 3 is 2.82 bits per heavy atom. The molecule has 1 aromatic carbocycles. The van der Waals surface area contributed by atoms with Gasteiger partial charge in [-0.3, -0.25) is 4.79 Å². The minimum Gasteiger partial charge on any atom is -0.468 e. The Hall–Kier alpha value is -1.06. The molecule has 1 aliphatic rings. The highest BCUT2D eigenvalue weighted by Gasteiger charge is 2.29. The van der Waals surface area contributed by atoms with E-state index < -0.39 is 0 Å². The molecule has 0 unspecified atom stereocenters. The molecular weight excluding hydrogens is 238 g/mol. The number of ether oxygens (including phenoxy) is 1. The molecule has 0 bridgehead atoms. The second-order valence-electron chi connectivity index (χ2n) is 4.42. The van der Waals surface area contributed by atoms with E-state index in [0.717, 1.165) is 24.4 Å². The number of rotatable bonds is 3. The van der Waals surface area contributed by atoms with Crippen LogP contribution in [-0.2, 0) is 16.0 Å². The molecule has 0 amide bonds. The summed E-state index contributed by atoms with van der Waals surface area (Å²) in [6.45, 7) is 0.863. The first kappa shape index (κ1) is 12.4. The number of methoxy groups -OCH3 is 1. The fourth-order valence-electron chi connectivity index (χ4n) is 2.24. The third-order valence-corrected chi connectivity index (χ3v) is 3.40. The summed E-state index contributed by atoms with van der Waals surface area (Å²) in [5.74, 6) is 0.323. The smallest absolute Gasteiger partial charge is 0.322 e. The van der Waals surface area contributed by atoms with E-state index in [1.807, 2.05) is 24.3 Å². The summed E-state index contributed by atoms with van der Waals surface area (Å²) in [6, 6.07) is 7.73. The van der Waals surface area contributed by atoms with Gasteiger partial charge in [0.1, 0.15) is 6.04 Å². The van der Waals surface area contributed by atoms with Crippen molar-refractivity contribution in [3.63, 3.8) is 0 Å². The summed E-state index contributed by atoms with van der Waals surface area (Å²) in [5, 5.41) is 3.94. The molecule has 92 valence electrons. The summed E-state index contributed by atoms with van der Waals surface area (Å²) >= 11 is 5.84. The van der Waals surface area contributed by atoms with Crippen LogP contribution in [0.2, 0.25) is 5.02 Å². The van der Waals surface area contributed by atoms with E-state index in [2.05, 4.69) is 5.32 Å². The molecule has 1 heterocycles. The Bertz CT molecular complexity index is 391. The average molecular weight is 254 g/mol. The van der Waals surface area contributed by atoms with E-state index in [1.54, 1.807) is 0 Å². The second kappa shape index (κ2) is 5.52. The van der Waals surface area contributed by atoms with Gasteiger partial charge in [0.2, 0.25) is 0 Å². The van der Waals surface area contributed by atoms with Crippen molar-refractivity contribution in [3.8, 4) is 0 Å². The highest BCUT2D eigenvalue weighted by Crippen LogP contribution is 2.20. The quantitative estimate of drug-likeness (QED) is 0.838. The second-order valence-corrected chi connectivity index (χ2v) is 4.85. The molecule has 0 saturated carbocycles. The molecule has 1 saturated heterocycles. The van der Waals surface area contributed by atoms with Crippen LogP contribution in [0, 0.1) is 5.92 Å². The zero-order valence-electron chi connectivity index (χ0n) is 9.78. The third-order valence-electron chi connectivity index (χ3n) is 3.15. The fourth-order valence-corrected chi connectivity index (χ4v) is 2.37. The van der Waals surface area contributed by atoms with E-state index in [9.17, 15) is 4.79 Å². The topological polar surface area (TPSA) is 38.3 Å². The van der Waals surface area contributed by atoms with E-state index >= 15 is 0 Å². The number of hydrogen-bond donors (Lipinski definition) is 1. The minimum absolute atomic E-state index is 0.141. The Kier molecular flexibility index (Phi) is 4.02. The number of carbonyl (C=O) groups is 1. The van der Waals surface area contributed by atoms with Crippen LogP contribution in [0.25, 0.3) is 0 Å². The zero-order chi connectivity index (χ0) is 12.3. The van der Waals surface area contributed by atoms with Gasteiger partial charge in [-0.1, -0.05) is 23.7 Å². The van der Waals surface area contributed by atoms with E-state index in [0.29, 0.717) is 5.92 Å². The summed E-state index contributed by atoms with van der Waals surface area (Å²) < 4.78 is 4.73. The molecular formula is C13H16ClNO2. The van der Waals surface area contributed by atoms with E-state index in [4.69, 9.17) is 16.3 Å². The summed E-state index contributed by atoms with van der Waals surface area (Å²) in [7, 11) is 1.43. The minimum atomic E-state index is -0.163. The molecule has 1 aliphatic heterocycles. The molecule has 0 radical (unpaired) electrons. The van der Waals surface area contributed by atoms with Gasteiger partial charge in [0.15, 0.2) is 0 Å². The maximum absolute atomic E-state index is 11.4. The zero-order valence-corrected chi connectivity index (χ0v) is 10.5. The van der Waals surface area contributed by atoms with Gasteiger partial charge in [0.05, 0.1) is 7.11 Å². The number of nitrogens with one attached hydrogen (secondary N) is 1. The van der Waals surface area contributed by atoms with Crippen molar-refractivity contribution < 1.29 is 9.53 Å². The lowest BCUT2D eigenvalue weighted by Gasteiger charge is -2.09. The predicted molar refractivity (Wildman–Crippen MR) is 67.1 cm³/mol. The lowest BCUT2D eigenvalue weighted by atomic mass is 9.97. The molecule has 0 spiro atoms. The molecule has 1 fully saturated rings. The van der Waals surface area contributed by atoms with Gasteiger partial charge in [-0.05, 0) is 43.0 Å². The van der Waals surface area contributed by atoms with Crippen LogP contribution in [0.5, 0.6) is 0 Å². The largest absolute Gasteiger partial charge is 0.468 e. The first-order chi connectivity index (χ1) is 8.19. The highest BCUT2D eigenvalue weighted by atomic mass is 35.5. The Morgan fingerprint density at radius 2 is 2.18 bits per heavy atom. The number of carbonyl (C=O) groups excluding carboxylic acids is 1. The van der Waals surface area contributed by atoms with Crippen LogP contribution in [0.15, 0.2) is 24.3 Å². The van der Waals surface area contributed by atoms with Crippen molar-refractivity contribution in [2.45, 2.75) is 18.9 Å². The van der Waals surface area contributed by atoms with Gasteiger partial charge in [0, 0.05) is 5.02 Å². The first-order valence-electron chi connectivity index (χ1n) is 5.74. The molecule has 1 aromatic rings. The van der Waals surface area contributed by atoms with Gasteiger partial charge in [-0.15, -0.1) is 0 Å². The number of esters is 1. The Balaban J connectivity index is 1.89. The molecule has 2 atom stereocenters. The van der Waals surface area contributed by atoms with Crippen molar-refractivity contribution in [1.82, 2.24) is 5.32 Å².